The lowest BCUT2D eigenvalue weighted by molar-refractivity contribution is -1.08. The van der Waals surface area contributed by atoms with E-state index in [-0.39, 0.29) is 17.1 Å². The highest BCUT2D eigenvalue weighted by Gasteiger charge is 2.58. The van der Waals surface area contributed by atoms with E-state index in [0.717, 1.165) is 45.9 Å². The van der Waals surface area contributed by atoms with Gasteiger partial charge in [0, 0.05) is 33.8 Å². The van der Waals surface area contributed by atoms with Crippen LogP contribution in [-0.2, 0) is 26.0 Å². The van der Waals surface area contributed by atoms with Gasteiger partial charge in [-0.15, -0.1) is 11.8 Å². The number of nitrogens with zero attached hydrogens (tertiary/aromatic N) is 4. The summed E-state index contributed by atoms with van der Waals surface area (Å²) >= 11 is 3.11. The Morgan fingerprint density at radius 3 is 2.35 bits per heavy atom. The number of hydrogen-bond donors (Lipinski definition) is 2. The third-order valence-electron chi connectivity index (χ3n) is 11.6. The summed E-state index contributed by atoms with van der Waals surface area (Å²) in [5.74, 6) is -1.30. The fraction of sp³-hybridized carbons (Fsp3) is 0.444. The number of carboxylic acid groups (broad SMARTS) is 1. The number of hydrogen-bond acceptors (Lipinski definition) is 7. The maximum atomic E-state index is 14.0. The van der Waals surface area contributed by atoms with Gasteiger partial charge in [0.05, 0.1) is 42.2 Å². The van der Waals surface area contributed by atoms with Crippen molar-refractivity contribution in [2.24, 2.45) is 5.92 Å². The van der Waals surface area contributed by atoms with Crippen LogP contribution in [0.15, 0.2) is 81.1 Å². The summed E-state index contributed by atoms with van der Waals surface area (Å²) < 4.78 is 31.6. The van der Waals surface area contributed by atoms with Crippen LogP contribution in [0.5, 0.6) is 0 Å². The molecule has 0 spiro atoms. The number of aliphatic hydroxyl groups is 1. The minimum Gasteiger partial charge on any atom is -0.477 e. The van der Waals surface area contributed by atoms with Crippen LogP contribution in [0.1, 0.15) is 18.9 Å². The van der Waals surface area contributed by atoms with Crippen LogP contribution in [0.25, 0.3) is 10.8 Å². The Bertz CT molecular complexity index is 1960. The van der Waals surface area contributed by atoms with E-state index < -0.39 is 39.3 Å². The second kappa shape index (κ2) is 12.3. The number of amides is 1. The molecule has 258 valence electrons. The summed E-state index contributed by atoms with van der Waals surface area (Å²) in [6.07, 6.45) is 1.16. The lowest BCUT2D eigenvalue weighted by atomic mass is 9.92. The van der Waals surface area contributed by atoms with Crippen LogP contribution in [0.3, 0.4) is 0 Å². The number of rotatable bonds is 12. The van der Waals surface area contributed by atoms with Gasteiger partial charge in [-0.2, -0.15) is 0 Å². The van der Waals surface area contributed by atoms with Crippen LogP contribution in [-0.4, -0.2) is 121 Å². The summed E-state index contributed by atoms with van der Waals surface area (Å²) in [4.78, 5) is 28.1. The Morgan fingerprint density at radius 1 is 0.980 bits per heavy atom. The average Bonchev–Trinajstić information content (AvgIpc) is 3.53. The number of carbonyl (C=O) groups is 2. The van der Waals surface area contributed by atoms with Crippen molar-refractivity contribution in [3.05, 3.63) is 76.8 Å². The molecule has 4 saturated heterocycles. The number of fused-ring (bicyclic) bond motifs is 4. The van der Waals surface area contributed by atoms with Crippen molar-refractivity contribution < 1.29 is 37.2 Å². The summed E-state index contributed by atoms with van der Waals surface area (Å²) in [5, 5.41) is 21.2. The Morgan fingerprint density at radius 2 is 1.67 bits per heavy atom. The molecule has 0 aliphatic carbocycles. The van der Waals surface area contributed by atoms with E-state index in [1.54, 1.807) is 12.1 Å². The number of thioether (sulfide) groups is 2. The zero-order chi connectivity index (χ0) is 34.1. The van der Waals surface area contributed by atoms with Crippen LogP contribution in [0.4, 0.5) is 5.69 Å². The van der Waals surface area contributed by atoms with E-state index in [0.29, 0.717) is 16.0 Å². The van der Waals surface area contributed by atoms with Gasteiger partial charge < -0.3 is 19.2 Å². The predicted molar refractivity (Wildman–Crippen MR) is 191 cm³/mol. The molecular formula is C36H42N4O6S3+2. The van der Waals surface area contributed by atoms with Crippen LogP contribution < -0.4 is 4.31 Å². The maximum absolute atomic E-state index is 14.0. The molecule has 3 atom stereocenters. The zero-order valence-electron chi connectivity index (χ0n) is 27.5. The Kier molecular flexibility index (Phi) is 8.31. The van der Waals surface area contributed by atoms with Crippen LogP contribution >= 0.6 is 23.5 Å². The molecule has 0 saturated carbocycles. The van der Waals surface area contributed by atoms with Gasteiger partial charge in [-0.05, 0) is 42.1 Å². The SMILES string of the molecule is C[C@H](O)C1C(=O)N2C(C(=O)O)=C(CN3c4cccc5c(CC[N+]67CC[N+](CCCSc8ccccc8)(CC6)CC7)ccc(c45)S3(=O)=O)SC12. The van der Waals surface area contributed by atoms with E-state index in [1.807, 2.05) is 30.0 Å². The van der Waals surface area contributed by atoms with E-state index in [1.165, 1.54) is 77.7 Å². The minimum atomic E-state index is -3.96. The third kappa shape index (κ3) is 5.48. The number of β-lactam (4-membered cyclic amide) rings is 1. The zero-order valence-corrected chi connectivity index (χ0v) is 30.0. The van der Waals surface area contributed by atoms with Gasteiger partial charge in [0.25, 0.3) is 10.0 Å². The van der Waals surface area contributed by atoms with Gasteiger partial charge in [-0.1, -0.05) is 48.2 Å². The van der Waals surface area contributed by atoms with Gasteiger partial charge >= 0.3 is 5.97 Å². The number of aliphatic carboxylic acids is 1. The first-order valence-electron chi connectivity index (χ1n) is 17.1. The quantitative estimate of drug-likeness (QED) is 0.125. The molecule has 6 aliphatic heterocycles. The summed E-state index contributed by atoms with van der Waals surface area (Å²) in [6.45, 7) is 10.8. The predicted octanol–water partition coefficient (Wildman–Crippen LogP) is 3.94. The molecule has 10 nitrogen and oxygen atoms in total. The minimum absolute atomic E-state index is 0.185. The fourth-order valence-corrected chi connectivity index (χ4v) is 12.8. The van der Waals surface area contributed by atoms with Crippen molar-refractivity contribution >= 4 is 61.9 Å². The summed E-state index contributed by atoms with van der Waals surface area (Å²) in [6, 6.07) is 20.0. The molecule has 9 rings (SSSR count). The van der Waals surface area contributed by atoms with Crippen molar-refractivity contribution in [1.82, 2.24) is 4.90 Å². The maximum Gasteiger partial charge on any atom is 0.353 e. The molecule has 2 unspecified atom stereocenters. The van der Waals surface area contributed by atoms with Crippen molar-refractivity contribution in [3.8, 4) is 0 Å². The number of carbonyl (C=O) groups excluding carboxylic acids is 1. The average molecular weight is 723 g/mol. The molecule has 0 aromatic heterocycles. The molecule has 6 heterocycles. The highest BCUT2D eigenvalue weighted by Crippen LogP contribution is 2.52. The highest BCUT2D eigenvalue weighted by molar-refractivity contribution is 8.04. The summed E-state index contributed by atoms with van der Waals surface area (Å²) in [7, 11) is -3.96. The number of anilines is 1. The Labute approximate surface area is 295 Å². The van der Waals surface area contributed by atoms with Crippen LogP contribution in [0.2, 0.25) is 0 Å². The topological polar surface area (TPSA) is 115 Å². The molecule has 3 aromatic rings. The first-order chi connectivity index (χ1) is 23.5. The number of aliphatic hydroxyl groups excluding tert-OH is 1. The molecule has 49 heavy (non-hydrogen) atoms. The lowest BCUT2D eigenvalue weighted by Gasteiger charge is -2.55. The van der Waals surface area contributed by atoms with E-state index in [9.17, 15) is 28.2 Å². The second-order valence-electron chi connectivity index (χ2n) is 14.2. The summed E-state index contributed by atoms with van der Waals surface area (Å²) in [5.41, 5.74) is 1.48. The molecule has 4 fully saturated rings. The number of sulfonamides is 1. The van der Waals surface area contributed by atoms with Gasteiger partial charge in [-0.3, -0.25) is 14.0 Å². The molecule has 6 aliphatic rings. The van der Waals surface area contributed by atoms with E-state index in [4.69, 9.17) is 0 Å². The molecule has 1 amide bonds. The van der Waals surface area contributed by atoms with Gasteiger partial charge in [-0.25, -0.2) is 13.2 Å². The number of carboxylic acids is 1. The number of piperazine rings is 3. The highest BCUT2D eigenvalue weighted by atomic mass is 32.2. The van der Waals surface area contributed by atoms with Gasteiger partial charge in [0.15, 0.2) is 0 Å². The molecule has 2 N–H and O–H groups in total. The normalized spacial score (nSPS) is 28.7. The van der Waals surface area contributed by atoms with Crippen molar-refractivity contribution in [2.75, 3.05) is 69.0 Å². The molecule has 0 radical (unpaired) electrons. The van der Waals surface area contributed by atoms with E-state index in [2.05, 4.69) is 30.3 Å². The standard InChI is InChI=1S/C36H41N4O6S3/c1-24(41)31-34(42)38-33(36(43)44)29(48-35(31)38)23-37-28-10-5-9-27-25(11-12-30(32(27)28)49(37,45)46)13-15-40-19-16-39(17-20-40,18-21-40)14-6-22-47-26-7-3-2-4-8-26/h2-5,7-12,24,31,35,41H,6,13-23H2,1H3/q+1/p+1/t24-,31?,35?,39?,40?/m0/s1. The van der Waals surface area contributed by atoms with Gasteiger partial charge in [0.2, 0.25) is 5.91 Å². The van der Waals surface area contributed by atoms with Crippen molar-refractivity contribution in [3.63, 3.8) is 0 Å². The lowest BCUT2D eigenvalue weighted by Crippen LogP contribution is -2.75. The van der Waals surface area contributed by atoms with E-state index >= 15 is 0 Å². The van der Waals surface area contributed by atoms with Crippen molar-refractivity contribution in [2.45, 2.75) is 41.0 Å². The molecule has 13 heteroatoms. The molecule has 3 aromatic carbocycles. The molecule has 2 bridgehead atoms. The van der Waals surface area contributed by atoms with Crippen LogP contribution in [0, 0.1) is 5.92 Å². The second-order valence-corrected chi connectivity index (χ2v) is 18.4. The third-order valence-corrected chi connectivity index (χ3v) is 15.8. The Balaban J connectivity index is 0.965. The number of benzene rings is 3. The first kappa shape index (κ1) is 33.1. The largest absolute Gasteiger partial charge is 0.477 e. The van der Waals surface area contributed by atoms with Crippen molar-refractivity contribution in [1.29, 1.82) is 0 Å². The molecular weight excluding hydrogens is 681 g/mol. The monoisotopic (exact) mass is 722 g/mol. The number of quaternary nitrogens is 2. The fourth-order valence-electron chi connectivity index (χ4n) is 8.65. The van der Waals surface area contributed by atoms with Gasteiger partial charge in [0.1, 0.15) is 50.3 Å². The Hall–Kier alpha value is -3.07. The first-order valence-corrected chi connectivity index (χ1v) is 20.4. The smallest absolute Gasteiger partial charge is 0.353 e.